The lowest BCUT2D eigenvalue weighted by Crippen LogP contribution is -2.29. The van der Waals surface area contributed by atoms with Gasteiger partial charge >= 0.3 is 12.1 Å². The van der Waals surface area contributed by atoms with E-state index in [-0.39, 0.29) is 16.4 Å². The molecule has 0 bridgehead atoms. The van der Waals surface area contributed by atoms with Crippen LogP contribution >= 0.6 is 11.6 Å². The second-order valence-corrected chi connectivity index (χ2v) is 7.46. The molecular formula is C16H23ClN2O4. The average Bonchev–Trinajstić information content (AvgIpc) is 2.21. The van der Waals surface area contributed by atoms with E-state index in [0.29, 0.717) is 5.69 Å². The highest BCUT2D eigenvalue weighted by molar-refractivity contribution is 6.33. The van der Waals surface area contributed by atoms with Gasteiger partial charge in [-0.3, -0.25) is 5.32 Å². The SMILES string of the molecule is Cc1cc(NC(=O)OC(C)(C)C)c(C(=O)OC(C)(C)C)c(Cl)n1. The summed E-state index contributed by atoms with van der Waals surface area (Å²) < 4.78 is 10.5. The molecule has 1 aromatic rings. The van der Waals surface area contributed by atoms with Gasteiger partial charge in [0.2, 0.25) is 0 Å². The number of nitrogens with zero attached hydrogens (tertiary/aromatic N) is 1. The zero-order chi connectivity index (χ0) is 18.0. The molecule has 128 valence electrons. The lowest BCUT2D eigenvalue weighted by molar-refractivity contribution is 0.00706. The molecule has 6 nitrogen and oxygen atoms in total. The average molecular weight is 343 g/mol. The molecule has 1 heterocycles. The fourth-order valence-corrected chi connectivity index (χ4v) is 1.98. The minimum atomic E-state index is -0.700. The molecule has 0 spiro atoms. The number of amides is 1. The smallest absolute Gasteiger partial charge is 0.412 e. The van der Waals surface area contributed by atoms with Crippen LogP contribution in [0.1, 0.15) is 57.6 Å². The van der Waals surface area contributed by atoms with Crippen LogP contribution in [0, 0.1) is 6.92 Å². The summed E-state index contributed by atoms with van der Waals surface area (Å²) in [5.41, 5.74) is -0.617. The number of carbonyl (C=O) groups excluding carboxylic acids is 2. The molecule has 1 N–H and O–H groups in total. The molecule has 1 amide bonds. The number of halogens is 1. The molecule has 1 aromatic heterocycles. The number of hydrogen-bond acceptors (Lipinski definition) is 5. The minimum absolute atomic E-state index is 0.00180. The van der Waals surface area contributed by atoms with Crippen molar-refractivity contribution in [1.29, 1.82) is 0 Å². The Morgan fingerprint density at radius 2 is 1.61 bits per heavy atom. The number of nitrogens with one attached hydrogen (secondary N) is 1. The first-order chi connectivity index (χ1) is 10.3. The first-order valence-electron chi connectivity index (χ1n) is 7.19. The number of hydrogen-bond donors (Lipinski definition) is 1. The van der Waals surface area contributed by atoms with Crippen molar-refractivity contribution in [2.45, 2.75) is 59.7 Å². The maximum atomic E-state index is 12.3. The Morgan fingerprint density at radius 3 is 2.09 bits per heavy atom. The second kappa shape index (κ2) is 6.74. The van der Waals surface area contributed by atoms with Gasteiger partial charge in [0, 0.05) is 5.69 Å². The van der Waals surface area contributed by atoms with E-state index in [9.17, 15) is 9.59 Å². The number of aryl methyl sites for hydroxylation is 1. The molecule has 0 aliphatic rings. The van der Waals surface area contributed by atoms with Gasteiger partial charge in [0.1, 0.15) is 21.9 Å². The third-order valence-electron chi connectivity index (χ3n) is 2.34. The number of carbonyl (C=O) groups is 2. The van der Waals surface area contributed by atoms with Crippen molar-refractivity contribution < 1.29 is 19.1 Å². The first kappa shape index (κ1) is 19.2. The van der Waals surface area contributed by atoms with E-state index in [2.05, 4.69) is 10.3 Å². The van der Waals surface area contributed by atoms with Crippen molar-refractivity contribution in [2.24, 2.45) is 0 Å². The van der Waals surface area contributed by atoms with Crippen LogP contribution < -0.4 is 5.32 Å². The summed E-state index contributed by atoms with van der Waals surface area (Å²) in [6.45, 7) is 12.1. The Hall–Kier alpha value is -1.82. The van der Waals surface area contributed by atoms with Crippen LogP contribution in [0.15, 0.2) is 6.07 Å². The first-order valence-corrected chi connectivity index (χ1v) is 7.57. The number of anilines is 1. The summed E-state index contributed by atoms with van der Waals surface area (Å²) in [7, 11) is 0. The molecule has 0 unspecified atom stereocenters. The zero-order valence-electron chi connectivity index (χ0n) is 14.5. The quantitative estimate of drug-likeness (QED) is 0.638. The maximum absolute atomic E-state index is 12.3. The summed E-state index contributed by atoms with van der Waals surface area (Å²) in [4.78, 5) is 28.3. The van der Waals surface area contributed by atoms with Gasteiger partial charge in [0.05, 0.1) is 5.69 Å². The van der Waals surface area contributed by atoms with Crippen LogP contribution in [0.5, 0.6) is 0 Å². The second-order valence-electron chi connectivity index (χ2n) is 7.11. The van der Waals surface area contributed by atoms with Crippen molar-refractivity contribution >= 4 is 29.4 Å². The van der Waals surface area contributed by atoms with Crippen molar-refractivity contribution in [2.75, 3.05) is 5.32 Å². The monoisotopic (exact) mass is 342 g/mol. The van der Waals surface area contributed by atoms with Crippen LogP contribution in [0.4, 0.5) is 10.5 Å². The molecule has 23 heavy (non-hydrogen) atoms. The molecular weight excluding hydrogens is 320 g/mol. The van der Waals surface area contributed by atoms with E-state index in [1.807, 2.05) is 0 Å². The van der Waals surface area contributed by atoms with Gasteiger partial charge < -0.3 is 9.47 Å². The molecule has 0 aliphatic heterocycles. The Morgan fingerprint density at radius 1 is 1.09 bits per heavy atom. The zero-order valence-corrected chi connectivity index (χ0v) is 15.3. The van der Waals surface area contributed by atoms with Crippen LogP contribution in [-0.4, -0.2) is 28.2 Å². The molecule has 1 rings (SSSR count). The lowest BCUT2D eigenvalue weighted by atomic mass is 10.1. The van der Waals surface area contributed by atoms with E-state index in [0.717, 1.165) is 0 Å². The summed E-state index contributed by atoms with van der Waals surface area (Å²) in [6.07, 6.45) is -0.691. The van der Waals surface area contributed by atoms with Gasteiger partial charge in [0.15, 0.2) is 0 Å². The molecule has 0 aromatic carbocycles. The van der Waals surface area contributed by atoms with E-state index >= 15 is 0 Å². The van der Waals surface area contributed by atoms with E-state index < -0.39 is 23.3 Å². The predicted molar refractivity (Wildman–Crippen MR) is 89.0 cm³/mol. The molecule has 0 fully saturated rings. The summed E-state index contributed by atoms with van der Waals surface area (Å²) in [6, 6.07) is 1.54. The molecule has 7 heteroatoms. The fourth-order valence-electron chi connectivity index (χ4n) is 1.67. The minimum Gasteiger partial charge on any atom is -0.456 e. The topological polar surface area (TPSA) is 77.5 Å². The summed E-state index contributed by atoms with van der Waals surface area (Å²) in [5, 5.41) is 2.49. The van der Waals surface area contributed by atoms with Crippen LogP contribution in [0.3, 0.4) is 0 Å². The Balaban J connectivity index is 3.16. The van der Waals surface area contributed by atoms with Gasteiger partial charge in [-0.1, -0.05) is 11.6 Å². The van der Waals surface area contributed by atoms with Gasteiger partial charge in [-0.15, -0.1) is 0 Å². The standard InChI is InChI=1S/C16H23ClN2O4/c1-9-8-10(19-14(21)23-16(5,6)7)11(12(17)18-9)13(20)22-15(2,3)4/h8H,1-7H3,(H,18,19,21). The largest absolute Gasteiger partial charge is 0.456 e. The van der Waals surface area contributed by atoms with E-state index in [1.54, 1.807) is 48.5 Å². The predicted octanol–water partition coefficient (Wildman–Crippen LogP) is 4.35. The summed E-state index contributed by atoms with van der Waals surface area (Å²) >= 11 is 6.07. The summed E-state index contributed by atoms with van der Waals surface area (Å²) in [5.74, 6) is -0.666. The van der Waals surface area contributed by atoms with Gasteiger partial charge in [0.25, 0.3) is 0 Å². The molecule has 0 atom stereocenters. The lowest BCUT2D eigenvalue weighted by Gasteiger charge is -2.22. The molecule has 0 aliphatic carbocycles. The normalized spacial score (nSPS) is 11.8. The van der Waals surface area contributed by atoms with Crippen molar-refractivity contribution in [1.82, 2.24) is 4.98 Å². The van der Waals surface area contributed by atoms with E-state index in [1.165, 1.54) is 6.07 Å². The van der Waals surface area contributed by atoms with Crippen molar-refractivity contribution in [3.63, 3.8) is 0 Å². The van der Waals surface area contributed by atoms with Crippen molar-refractivity contribution in [3.05, 3.63) is 22.5 Å². The number of aromatic nitrogens is 1. The molecule has 0 radical (unpaired) electrons. The van der Waals surface area contributed by atoms with E-state index in [4.69, 9.17) is 21.1 Å². The van der Waals surface area contributed by atoms with Crippen molar-refractivity contribution in [3.8, 4) is 0 Å². The fraction of sp³-hybridized carbons (Fsp3) is 0.562. The Kier molecular flexibility index (Phi) is 5.64. The Labute approximate surface area is 141 Å². The van der Waals surface area contributed by atoms with Crippen LogP contribution in [0.25, 0.3) is 0 Å². The number of rotatable bonds is 2. The van der Waals surface area contributed by atoms with Gasteiger partial charge in [-0.05, 0) is 54.5 Å². The van der Waals surface area contributed by atoms with Gasteiger partial charge in [-0.2, -0.15) is 0 Å². The molecule has 0 saturated carbocycles. The van der Waals surface area contributed by atoms with Crippen LogP contribution in [0.2, 0.25) is 5.15 Å². The third-order valence-corrected chi connectivity index (χ3v) is 2.62. The number of ether oxygens (including phenoxy) is 2. The number of esters is 1. The number of pyridine rings is 1. The molecule has 0 saturated heterocycles. The highest BCUT2D eigenvalue weighted by Gasteiger charge is 2.26. The Bertz CT molecular complexity index is 616. The third kappa shape index (κ3) is 6.44. The highest BCUT2D eigenvalue weighted by Crippen LogP contribution is 2.27. The van der Waals surface area contributed by atoms with Gasteiger partial charge in [-0.25, -0.2) is 14.6 Å². The maximum Gasteiger partial charge on any atom is 0.412 e. The van der Waals surface area contributed by atoms with Crippen LogP contribution in [-0.2, 0) is 9.47 Å². The highest BCUT2D eigenvalue weighted by atomic mass is 35.5.